The van der Waals surface area contributed by atoms with E-state index < -0.39 is 0 Å². The van der Waals surface area contributed by atoms with Crippen molar-refractivity contribution in [3.63, 3.8) is 0 Å². The fourth-order valence-corrected chi connectivity index (χ4v) is 3.78. The minimum atomic E-state index is 0.589. The summed E-state index contributed by atoms with van der Waals surface area (Å²) in [5.41, 5.74) is 0. The normalized spacial score (nSPS) is 10.9. The van der Waals surface area contributed by atoms with Gasteiger partial charge in [0.25, 0.3) is 0 Å². The van der Waals surface area contributed by atoms with Gasteiger partial charge in [0.15, 0.2) is 0 Å². The molecule has 1 aromatic carbocycles. The second-order valence-corrected chi connectivity index (χ2v) is 5.81. The number of hydrogen-bond donors (Lipinski definition) is 1. The summed E-state index contributed by atoms with van der Waals surface area (Å²) in [4.78, 5) is 0. The second kappa shape index (κ2) is 4.79. The van der Waals surface area contributed by atoms with E-state index in [2.05, 4.69) is 42.6 Å². The monoisotopic (exact) mass is 253 g/mol. The van der Waals surface area contributed by atoms with Crippen LogP contribution in [0.1, 0.15) is 11.4 Å². The number of nitrogens with one attached hydrogen (secondary N) is 1. The van der Waals surface area contributed by atoms with Crippen LogP contribution in [0, 0.1) is 0 Å². The number of benzene rings is 1. The molecule has 74 valence electrons. The Kier molecular flexibility index (Phi) is 3.41. The molecule has 0 fully saturated rings. The van der Waals surface area contributed by atoms with Crippen molar-refractivity contribution in [2.75, 3.05) is 13.1 Å². The van der Waals surface area contributed by atoms with Crippen LogP contribution < -0.4 is 5.32 Å². The first-order chi connectivity index (χ1) is 6.90. The van der Waals surface area contributed by atoms with Crippen LogP contribution in [0.25, 0.3) is 9.65 Å². The maximum atomic E-state index is 3.37. The Balaban J connectivity index is 2.11. The molecule has 0 unspecified atom stereocenters. The van der Waals surface area contributed by atoms with Crippen LogP contribution in [0.5, 0.6) is 0 Å². The number of fused-ring (bicyclic) bond motifs is 1. The molecule has 0 aliphatic heterocycles. The summed E-state index contributed by atoms with van der Waals surface area (Å²) in [6.45, 7) is 4.36. The summed E-state index contributed by atoms with van der Waals surface area (Å²) < 4.78 is 3.17. The molecule has 2 rings (SSSR count). The first-order valence-electron chi connectivity index (χ1n) is 5.08. The topological polar surface area (TPSA) is 12.0 Å². The van der Waals surface area contributed by atoms with Crippen LogP contribution in [-0.2, 0) is 6.42 Å². The molecule has 14 heavy (non-hydrogen) atoms. The summed E-state index contributed by atoms with van der Waals surface area (Å²) in [6, 6.07) is 11.1. The standard InChI is InChI=1S/C12H15NSe/c1-2-13-8-7-11-9-10-5-3-4-6-12(10)14-11/h3-6,9,13H,2,7-8H2,1H3. The number of rotatable bonds is 4. The first kappa shape index (κ1) is 9.97. The van der Waals surface area contributed by atoms with Gasteiger partial charge in [-0.1, -0.05) is 0 Å². The molecule has 0 spiro atoms. The van der Waals surface area contributed by atoms with E-state index in [0.29, 0.717) is 14.5 Å². The third kappa shape index (κ3) is 2.27. The molecule has 2 heteroatoms. The fourth-order valence-electron chi connectivity index (χ4n) is 1.55. The van der Waals surface area contributed by atoms with E-state index >= 15 is 0 Å². The Morgan fingerprint density at radius 1 is 1.29 bits per heavy atom. The van der Waals surface area contributed by atoms with Crippen molar-refractivity contribution in [3.8, 4) is 0 Å². The van der Waals surface area contributed by atoms with Gasteiger partial charge in [0.1, 0.15) is 0 Å². The molecule has 0 saturated heterocycles. The SMILES string of the molecule is CCNCCc1cc2ccccc2[se]1. The molecule has 0 radical (unpaired) electrons. The third-order valence-electron chi connectivity index (χ3n) is 2.27. The van der Waals surface area contributed by atoms with Crippen LogP contribution >= 0.6 is 0 Å². The molecule has 1 heterocycles. The van der Waals surface area contributed by atoms with Gasteiger partial charge in [-0.3, -0.25) is 0 Å². The Labute approximate surface area is 90.9 Å². The molecule has 1 nitrogen and oxygen atoms in total. The van der Waals surface area contributed by atoms with Crippen molar-refractivity contribution in [3.05, 3.63) is 34.8 Å². The van der Waals surface area contributed by atoms with Gasteiger partial charge >= 0.3 is 90.7 Å². The molecule has 0 atom stereocenters. The van der Waals surface area contributed by atoms with E-state index in [4.69, 9.17) is 0 Å². The molecule has 1 aromatic heterocycles. The minimum absolute atomic E-state index is 0.589. The van der Waals surface area contributed by atoms with Gasteiger partial charge in [0, 0.05) is 0 Å². The molecule has 0 saturated carbocycles. The molecular weight excluding hydrogens is 237 g/mol. The van der Waals surface area contributed by atoms with Gasteiger partial charge in [0.2, 0.25) is 0 Å². The molecule has 0 aliphatic rings. The first-order valence-corrected chi connectivity index (χ1v) is 6.79. The summed E-state index contributed by atoms with van der Waals surface area (Å²) in [7, 11) is 0. The van der Waals surface area contributed by atoms with Crippen molar-refractivity contribution in [1.29, 1.82) is 0 Å². The Bertz CT molecular complexity index is 372. The maximum absolute atomic E-state index is 3.37. The molecule has 2 aromatic rings. The Morgan fingerprint density at radius 3 is 2.93 bits per heavy atom. The summed E-state index contributed by atoms with van der Waals surface area (Å²) in [6.07, 6.45) is 1.21. The zero-order valence-electron chi connectivity index (χ0n) is 8.42. The fraction of sp³-hybridized carbons (Fsp3) is 0.333. The predicted octanol–water partition coefficient (Wildman–Crippen LogP) is 2.05. The van der Waals surface area contributed by atoms with Crippen molar-refractivity contribution >= 4 is 24.1 Å². The average Bonchev–Trinajstić information content (AvgIpc) is 2.60. The van der Waals surface area contributed by atoms with E-state index in [0.717, 1.165) is 13.1 Å². The molecule has 1 N–H and O–H groups in total. The van der Waals surface area contributed by atoms with E-state index in [1.807, 2.05) is 0 Å². The van der Waals surface area contributed by atoms with Crippen LogP contribution in [0.3, 0.4) is 0 Å². The zero-order chi connectivity index (χ0) is 9.80. The Hall–Kier alpha value is -0.561. The van der Waals surface area contributed by atoms with Crippen molar-refractivity contribution < 1.29 is 0 Å². The van der Waals surface area contributed by atoms with Crippen molar-refractivity contribution in [2.24, 2.45) is 0 Å². The average molecular weight is 252 g/mol. The third-order valence-corrected chi connectivity index (χ3v) is 4.74. The summed E-state index contributed by atoms with van der Waals surface area (Å²) in [5, 5.41) is 4.81. The summed E-state index contributed by atoms with van der Waals surface area (Å²) >= 11 is 0.589. The number of likely N-dealkylation sites (N-methyl/N-ethyl adjacent to an activating group) is 1. The van der Waals surface area contributed by atoms with Crippen LogP contribution in [0.4, 0.5) is 0 Å². The van der Waals surface area contributed by atoms with E-state index in [9.17, 15) is 0 Å². The van der Waals surface area contributed by atoms with Crippen molar-refractivity contribution in [2.45, 2.75) is 13.3 Å². The molecule has 0 aliphatic carbocycles. The van der Waals surface area contributed by atoms with Crippen LogP contribution in [-0.4, -0.2) is 27.6 Å². The Morgan fingerprint density at radius 2 is 2.14 bits per heavy atom. The van der Waals surface area contributed by atoms with Crippen molar-refractivity contribution in [1.82, 2.24) is 5.32 Å². The second-order valence-electron chi connectivity index (χ2n) is 3.35. The van der Waals surface area contributed by atoms with Gasteiger partial charge in [-0.2, -0.15) is 0 Å². The summed E-state index contributed by atoms with van der Waals surface area (Å²) in [5.74, 6) is 0. The van der Waals surface area contributed by atoms with Gasteiger partial charge in [-0.25, -0.2) is 0 Å². The van der Waals surface area contributed by atoms with Gasteiger partial charge < -0.3 is 0 Å². The molecule has 0 amide bonds. The zero-order valence-corrected chi connectivity index (χ0v) is 10.1. The van der Waals surface area contributed by atoms with Crippen LogP contribution in [0.2, 0.25) is 0 Å². The van der Waals surface area contributed by atoms with Gasteiger partial charge in [-0.15, -0.1) is 0 Å². The molecule has 0 bridgehead atoms. The predicted molar refractivity (Wildman–Crippen MR) is 63.1 cm³/mol. The number of hydrogen-bond acceptors (Lipinski definition) is 1. The van der Waals surface area contributed by atoms with E-state index in [-0.39, 0.29) is 0 Å². The van der Waals surface area contributed by atoms with E-state index in [1.54, 1.807) is 8.70 Å². The van der Waals surface area contributed by atoms with Gasteiger partial charge in [0.05, 0.1) is 0 Å². The molecular formula is C12H15NSe. The quantitative estimate of drug-likeness (QED) is 0.648. The van der Waals surface area contributed by atoms with Crippen LogP contribution in [0.15, 0.2) is 30.3 Å². The van der Waals surface area contributed by atoms with E-state index in [1.165, 1.54) is 11.8 Å². The van der Waals surface area contributed by atoms with Gasteiger partial charge in [-0.05, 0) is 0 Å².